The van der Waals surface area contributed by atoms with Gasteiger partial charge in [0.15, 0.2) is 5.16 Å². The highest BCUT2D eigenvalue weighted by atomic mass is 32.2. The summed E-state index contributed by atoms with van der Waals surface area (Å²) in [7, 11) is 1.65. The highest BCUT2D eigenvalue weighted by molar-refractivity contribution is 7.99. The number of aromatic nitrogens is 3. The minimum absolute atomic E-state index is 0.0775. The zero-order valence-electron chi connectivity index (χ0n) is 18.9. The van der Waals surface area contributed by atoms with Crippen molar-refractivity contribution in [3.05, 3.63) is 95.3 Å². The van der Waals surface area contributed by atoms with Gasteiger partial charge in [-0.2, -0.15) is 0 Å². The average Bonchev–Trinajstić information content (AvgIpc) is 3.23. The van der Waals surface area contributed by atoms with E-state index in [1.807, 2.05) is 85.1 Å². The van der Waals surface area contributed by atoms with Gasteiger partial charge in [0.25, 0.3) is 0 Å². The number of hydrogen-bond acceptors (Lipinski definition) is 5. The number of thioether (sulfide) groups is 1. The van der Waals surface area contributed by atoms with Crippen LogP contribution in [-0.4, -0.2) is 33.5 Å². The van der Waals surface area contributed by atoms with E-state index in [-0.39, 0.29) is 11.7 Å². The summed E-state index contributed by atoms with van der Waals surface area (Å²) in [6.07, 6.45) is 0.612. The Hall–Kier alpha value is -3.58. The van der Waals surface area contributed by atoms with Crippen molar-refractivity contribution in [1.82, 2.24) is 14.8 Å². The van der Waals surface area contributed by atoms with Crippen molar-refractivity contribution in [2.24, 2.45) is 0 Å². The maximum absolute atomic E-state index is 12.6. The third-order valence-corrected chi connectivity index (χ3v) is 6.15. The SMILES string of the molecule is COc1ccc(Cc2nnc(SCC(=O)Nc3ccc(C)cc3C)n2-c2ccccc2)cc1. The second-order valence-electron chi connectivity index (χ2n) is 7.75. The molecule has 6 nitrogen and oxygen atoms in total. The fraction of sp³-hybridized carbons (Fsp3) is 0.192. The zero-order valence-corrected chi connectivity index (χ0v) is 19.7. The predicted molar refractivity (Wildman–Crippen MR) is 132 cm³/mol. The first-order valence-corrected chi connectivity index (χ1v) is 11.6. The molecule has 0 bridgehead atoms. The molecule has 3 aromatic carbocycles. The summed E-state index contributed by atoms with van der Waals surface area (Å²) in [4.78, 5) is 12.6. The van der Waals surface area contributed by atoms with Crippen molar-refractivity contribution < 1.29 is 9.53 Å². The molecule has 0 unspecified atom stereocenters. The van der Waals surface area contributed by atoms with Crippen LogP contribution in [0.5, 0.6) is 5.75 Å². The molecule has 1 heterocycles. The predicted octanol–water partition coefficient (Wildman–Crippen LogP) is 5.21. The van der Waals surface area contributed by atoms with E-state index in [0.29, 0.717) is 11.6 Å². The van der Waals surface area contributed by atoms with E-state index in [1.54, 1.807) is 7.11 Å². The molecule has 1 aromatic heterocycles. The molecule has 0 aliphatic heterocycles. The number of aryl methyl sites for hydroxylation is 2. The molecule has 0 saturated carbocycles. The van der Waals surface area contributed by atoms with Crippen molar-refractivity contribution in [3.8, 4) is 11.4 Å². The van der Waals surface area contributed by atoms with E-state index in [4.69, 9.17) is 4.74 Å². The molecule has 33 heavy (non-hydrogen) atoms. The highest BCUT2D eigenvalue weighted by Crippen LogP contribution is 2.25. The van der Waals surface area contributed by atoms with Crippen LogP contribution < -0.4 is 10.1 Å². The highest BCUT2D eigenvalue weighted by Gasteiger charge is 2.16. The van der Waals surface area contributed by atoms with Gasteiger partial charge in [-0.05, 0) is 55.3 Å². The monoisotopic (exact) mass is 458 g/mol. The van der Waals surface area contributed by atoms with Crippen molar-refractivity contribution in [2.45, 2.75) is 25.4 Å². The van der Waals surface area contributed by atoms with Gasteiger partial charge in [0.05, 0.1) is 12.9 Å². The molecule has 4 aromatic rings. The molecule has 1 amide bonds. The third-order valence-electron chi connectivity index (χ3n) is 5.22. The number of amides is 1. The topological polar surface area (TPSA) is 69.0 Å². The van der Waals surface area contributed by atoms with Crippen LogP contribution in [0.25, 0.3) is 5.69 Å². The van der Waals surface area contributed by atoms with E-state index in [1.165, 1.54) is 17.3 Å². The van der Waals surface area contributed by atoms with Gasteiger partial charge < -0.3 is 10.1 Å². The lowest BCUT2D eigenvalue weighted by atomic mass is 10.1. The molecule has 4 rings (SSSR count). The van der Waals surface area contributed by atoms with Crippen LogP contribution in [0, 0.1) is 13.8 Å². The molecule has 7 heteroatoms. The molecule has 0 radical (unpaired) electrons. The minimum Gasteiger partial charge on any atom is -0.497 e. The maximum Gasteiger partial charge on any atom is 0.234 e. The first-order valence-electron chi connectivity index (χ1n) is 10.7. The molecule has 1 N–H and O–H groups in total. The fourth-order valence-electron chi connectivity index (χ4n) is 3.54. The molecular formula is C26H26N4O2S. The van der Waals surface area contributed by atoms with Gasteiger partial charge in [-0.15, -0.1) is 10.2 Å². The molecule has 0 saturated heterocycles. The molecule has 0 aliphatic rings. The summed E-state index contributed by atoms with van der Waals surface area (Å²) in [5.74, 6) is 1.78. The van der Waals surface area contributed by atoms with Gasteiger partial charge in [0.1, 0.15) is 11.6 Å². The Morgan fingerprint density at radius 3 is 2.45 bits per heavy atom. The number of carbonyl (C=O) groups is 1. The summed E-state index contributed by atoms with van der Waals surface area (Å²) >= 11 is 1.37. The number of nitrogens with one attached hydrogen (secondary N) is 1. The normalized spacial score (nSPS) is 10.8. The molecule has 0 atom stereocenters. The van der Waals surface area contributed by atoms with Gasteiger partial charge in [-0.1, -0.05) is 59.8 Å². The summed E-state index contributed by atoms with van der Waals surface area (Å²) < 4.78 is 7.27. The van der Waals surface area contributed by atoms with Crippen molar-refractivity contribution in [2.75, 3.05) is 18.2 Å². The smallest absolute Gasteiger partial charge is 0.234 e. The van der Waals surface area contributed by atoms with Crippen molar-refractivity contribution in [3.63, 3.8) is 0 Å². The lowest BCUT2D eigenvalue weighted by Crippen LogP contribution is -2.15. The largest absolute Gasteiger partial charge is 0.497 e. The van der Waals surface area contributed by atoms with Gasteiger partial charge in [0, 0.05) is 17.8 Å². The Morgan fingerprint density at radius 2 is 1.76 bits per heavy atom. The van der Waals surface area contributed by atoms with Crippen LogP contribution in [-0.2, 0) is 11.2 Å². The Balaban J connectivity index is 1.53. The lowest BCUT2D eigenvalue weighted by molar-refractivity contribution is -0.113. The van der Waals surface area contributed by atoms with E-state index < -0.39 is 0 Å². The Kier molecular flexibility index (Phi) is 7.10. The summed E-state index contributed by atoms with van der Waals surface area (Å²) in [5.41, 5.74) is 5.10. The van der Waals surface area contributed by atoms with Crippen molar-refractivity contribution >= 4 is 23.4 Å². The van der Waals surface area contributed by atoms with Gasteiger partial charge in [-0.25, -0.2) is 0 Å². The molecule has 0 aliphatic carbocycles. The average molecular weight is 459 g/mol. The quantitative estimate of drug-likeness (QED) is 0.367. The maximum atomic E-state index is 12.6. The van der Waals surface area contributed by atoms with Crippen molar-refractivity contribution in [1.29, 1.82) is 0 Å². The first-order chi connectivity index (χ1) is 16.0. The lowest BCUT2D eigenvalue weighted by Gasteiger charge is -2.11. The molecule has 168 valence electrons. The van der Waals surface area contributed by atoms with Crippen LogP contribution in [0.2, 0.25) is 0 Å². The fourth-order valence-corrected chi connectivity index (χ4v) is 4.31. The number of benzene rings is 3. The Bertz CT molecular complexity index is 1240. The second kappa shape index (κ2) is 10.4. The van der Waals surface area contributed by atoms with E-state index >= 15 is 0 Å². The third kappa shape index (κ3) is 5.62. The second-order valence-corrected chi connectivity index (χ2v) is 8.69. The number of para-hydroxylation sites is 1. The molecule has 0 spiro atoms. The van der Waals surface area contributed by atoms with Crippen LogP contribution in [0.3, 0.4) is 0 Å². The number of methoxy groups -OCH3 is 1. The van der Waals surface area contributed by atoms with Gasteiger partial charge in [-0.3, -0.25) is 9.36 Å². The zero-order chi connectivity index (χ0) is 23.2. The summed E-state index contributed by atoms with van der Waals surface area (Å²) in [6.45, 7) is 4.03. The minimum atomic E-state index is -0.0775. The molecular weight excluding hydrogens is 432 g/mol. The van der Waals surface area contributed by atoms with Gasteiger partial charge >= 0.3 is 0 Å². The number of ether oxygens (including phenoxy) is 1. The number of rotatable bonds is 8. The number of carbonyl (C=O) groups excluding carboxylic acids is 1. The number of nitrogens with zero attached hydrogens (tertiary/aromatic N) is 3. The Labute approximate surface area is 198 Å². The standard InChI is InChI=1S/C26H26N4O2S/c1-18-9-14-23(19(2)15-18)27-25(31)17-33-26-29-28-24(30(26)21-7-5-4-6-8-21)16-20-10-12-22(32-3)13-11-20/h4-15H,16-17H2,1-3H3,(H,27,31). The van der Waals surface area contributed by atoms with Crippen LogP contribution in [0.4, 0.5) is 5.69 Å². The van der Waals surface area contributed by atoms with E-state index in [2.05, 4.69) is 21.6 Å². The van der Waals surface area contributed by atoms with Gasteiger partial charge in [0.2, 0.25) is 5.91 Å². The number of anilines is 1. The van der Waals surface area contributed by atoms with E-state index in [0.717, 1.165) is 34.1 Å². The molecule has 0 fully saturated rings. The van der Waals surface area contributed by atoms with Crippen LogP contribution in [0.1, 0.15) is 22.5 Å². The van der Waals surface area contributed by atoms with Crippen LogP contribution >= 0.6 is 11.8 Å². The summed E-state index contributed by atoms with van der Waals surface area (Å²) in [6, 6.07) is 23.9. The van der Waals surface area contributed by atoms with E-state index in [9.17, 15) is 4.79 Å². The Morgan fingerprint density at radius 1 is 1.00 bits per heavy atom. The summed E-state index contributed by atoms with van der Waals surface area (Å²) in [5, 5.41) is 12.5. The number of hydrogen-bond donors (Lipinski definition) is 1. The first kappa shape index (κ1) is 22.6. The van der Waals surface area contributed by atoms with Crippen LogP contribution in [0.15, 0.2) is 78.0 Å².